The second kappa shape index (κ2) is 4.11. The van der Waals surface area contributed by atoms with Gasteiger partial charge in [-0.25, -0.2) is 0 Å². The van der Waals surface area contributed by atoms with Crippen molar-refractivity contribution in [2.24, 2.45) is 5.73 Å². The number of aromatic hydroxyl groups is 1. The van der Waals surface area contributed by atoms with Crippen LogP contribution in [-0.4, -0.2) is 17.2 Å². The van der Waals surface area contributed by atoms with Gasteiger partial charge in [0.1, 0.15) is 5.75 Å². The number of anilines is 1. The lowest BCUT2D eigenvalue weighted by Crippen LogP contribution is -2.42. The molecule has 1 aromatic rings. The molecule has 1 aliphatic carbocycles. The number of phenolic OH excluding ortho intramolecular Hbond substituents is 1. The number of hydrogen-bond acceptors (Lipinski definition) is 3. The van der Waals surface area contributed by atoms with Crippen molar-refractivity contribution in [1.82, 2.24) is 0 Å². The minimum atomic E-state index is -0.00116. The van der Waals surface area contributed by atoms with Gasteiger partial charge in [0.15, 0.2) is 0 Å². The van der Waals surface area contributed by atoms with Gasteiger partial charge in [-0.05, 0) is 25.0 Å². The molecule has 0 bridgehead atoms. The first-order chi connectivity index (χ1) is 7.26. The van der Waals surface area contributed by atoms with Crippen LogP contribution >= 0.6 is 0 Å². The van der Waals surface area contributed by atoms with Gasteiger partial charge in [0.2, 0.25) is 0 Å². The molecule has 2 rings (SSSR count). The van der Waals surface area contributed by atoms with E-state index in [4.69, 9.17) is 5.73 Å². The van der Waals surface area contributed by atoms with Gasteiger partial charge >= 0.3 is 0 Å². The van der Waals surface area contributed by atoms with E-state index >= 15 is 0 Å². The lowest BCUT2D eigenvalue weighted by atomic mass is 9.97. The molecule has 4 N–H and O–H groups in total. The van der Waals surface area contributed by atoms with E-state index in [2.05, 4.69) is 5.32 Å². The van der Waals surface area contributed by atoms with Crippen LogP contribution < -0.4 is 11.1 Å². The minimum Gasteiger partial charge on any atom is -0.506 e. The lowest BCUT2D eigenvalue weighted by Gasteiger charge is -2.30. The molecule has 15 heavy (non-hydrogen) atoms. The summed E-state index contributed by atoms with van der Waals surface area (Å²) < 4.78 is 0. The Morgan fingerprint density at radius 1 is 1.27 bits per heavy atom. The predicted octanol–water partition coefficient (Wildman–Crippen LogP) is 2.08. The van der Waals surface area contributed by atoms with Crippen LogP contribution in [0.1, 0.15) is 25.7 Å². The number of hydrogen-bond donors (Lipinski definition) is 3. The van der Waals surface area contributed by atoms with Crippen LogP contribution in [0.4, 0.5) is 5.69 Å². The van der Waals surface area contributed by atoms with Crippen LogP contribution in [0.25, 0.3) is 0 Å². The maximum absolute atomic E-state index is 9.68. The van der Waals surface area contributed by atoms with E-state index in [0.29, 0.717) is 12.3 Å². The molecule has 3 heteroatoms. The third-order valence-electron chi connectivity index (χ3n) is 3.26. The van der Waals surface area contributed by atoms with E-state index < -0.39 is 0 Å². The molecule has 0 saturated heterocycles. The Morgan fingerprint density at radius 2 is 1.93 bits per heavy atom. The molecule has 3 nitrogen and oxygen atoms in total. The zero-order chi connectivity index (χ0) is 10.7. The Morgan fingerprint density at radius 3 is 2.53 bits per heavy atom. The van der Waals surface area contributed by atoms with Gasteiger partial charge < -0.3 is 16.2 Å². The lowest BCUT2D eigenvalue weighted by molar-refractivity contribution is 0.462. The highest BCUT2D eigenvalue weighted by atomic mass is 16.3. The first-order valence-corrected chi connectivity index (χ1v) is 5.52. The van der Waals surface area contributed by atoms with Gasteiger partial charge in [-0.2, -0.15) is 0 Å². The Kier molecular flexibility index (Phi) is 2.82. The summed E-state index contributed by atoms with van der Waals surface area (Å²) in [7, 11) is 0. The number of para-hydroxylation sites is 2. The Hall–Kier alpha value is -1.22. The summed E-state index contributed by atoms with van der Waals surface area (Å²) >= 11 is 0. The molecule has 1 aliphatic rings. The molecule has 0 atom stereocenters. The van der Waals surface area contributed by atoms with Gasteiger partial charge in [-0.15, -0.1) is 0 Å². The van der Waals surface area contributed by atoms with E-state index in [1.807, 2.05) is 18.2 Å². The quantitative estimate of drug-likeness (QED) is 0.664. The third-order valence-corrected chi connectivity index (χ3v) is 3.26. The molecular formula is C12H18N2O. The van der Waals surface area contributed by atoms with Crippen molar-refractivity contribution in [3.63, 3.8) is 0 Å². The van der Waals surface area contributed by atoms with E-state index in [0.717, 1.165) is 18.5 Å². The molecule has 0 aromatic heterocycles. The van der Waals surface area contributed by atoms with Crippen LogP contribution in [0.15, 0.2) is 24.3 Å². The van der Waals surface area contributed by atoms with E-state index in [1.54, 1.807) is 6.07 Å². The molecule has 1 fully saturated rings. The number of phenols is 1. The smallest absolute Gasteiger partial charge is 0.138 e. The van der Waals surface area contributed by atoms with Crippen LogP contribution in [0, 0.1) is 0 Å². The van der Waals surface area contributed by atoms with Crippen molar-refractivity contribution >= 4 is 5.69 Å². The van der Waals surface area contributed by atoms with E-state index in [1.165, 1.54) is 12.8 Å². The average molecular weight is 206 g/mol. The van der Waals surface area contributed by atoms with Crippen molar-refractivity contribution in [3.05, 3.63) is 24.3 Å². The molecule has 0 spiro atoms. The maximum Gasteiger partial charge on any atom is 0.138 e. The summed E-state index contributed by atoms with van der Waals surface area (Å²) in [6.07, 6.45) is 4.63. The zero-order valence-corrected chi connectivity index (χ0v) is 8.87. The van der Waals surface area contributed by atoms with Crippen LogP contribution in [0.2, 0.25) is 0 Å². The first-order valence-electron chi connectivity index (χ1n) is 5.52. The molecular weight excluding hydrogens is 188 g/mol. The standard InChI is InChI=1S/C12H18N2O/c13-9-12(7-3-4-8-12)14-10-5-1-2-6-11(10)15/h1-2,5-6,14-15H,3-4,7-9,13H2. The topological polar surface area (TPSA) is 58.3 Å². The first kappa shape index (κ1) is 10.3. The minimum absolute atomic E-state index is 0.00116. The van der Waals surface area contributed by atoms with Gasteiger partial charge in [-0.3, -0.25) is 0 Å². The second-order valence-corrected chi connectivity index (χ2v) is 4.33. The maximum atomic E-state index is 9.68. The fourth-order valence-corrected chi connectivity index (χ4v) is 2.30. The summed E-state index contributed by atoms with van der Waals surface area (Å²) in [5.74, 6) is 0.303. The van der Waals surface area contributed by atoms with Gasteiger partial charge in [-0.1, -0.05) is 25.0 Å². The third kappa shape index (κ3) is 2.07. The summed E-state index contributed by atoms with van der Waals surface area (Å²) in [5, 5.41) is 13.1. The SMILES string of the molecule is NCC1(Nc2ccccc2O)CCCC1. The van der Waals surface area contributed by atoms with Gasteiger partial charge in [0.05, 0.1) is 5.69 Å². The normalized spacial score (nSPS) is 19.0. The predicted molar refractivity (Wildman–Crippen MR) is 62.0 cm³/mol. The van der Waals surface area contributed by atoms with Crippen molar-refractivity contribution < 1.29 is 5.11 Å². The molecule has 0 amide bonds. The van der Waals surface area contributed by atoms with Gasteiger partial charge in [0.25, 0.3) is 0 Å². The van der Waals surface area contributed by atoms with Crippen molar-refractivity contribution in [3.8, 4) is 5.75 Å². The fraction of sp³-hybridized carbons (Fsp3) is 0.500. The highest BCUT2D eigenvalue weighted by Gasteiger charge is 2.32. The van der Waals surface area contributed by atoms with Crippen molar-refractivity contribution in [2.75, 3.05) is 11.9 Å². The Balaban J connectivity index is 2.16. The zero-order valence-electron chi connectivity index (χ0n) is 8.87. The van der Waals surface area contributed by atoms with E-state index in [9.17, 15) is 5.11 Å². The van der Waals surface area contributed by atoms with Crippen molar-refractivity contribution in [2.45, 2.75) is 31.2 Å². The highest BCUT2D eigenvalue weighted by Crippen LogP contribution is 2.34. The number of nitrogens with one attached hydrogen (secondary N) is 1. The molecule has 0 heterocycles. The van der Waals surface area contributed by atoms with Crippen LogP contribution in [0.3, 0.4) is 0 Å². The summed E-state index contributed by atoms with van der Waals surface area (Å²) in [4.78, 5) is 0. The highest BCUT2D eigenvalue weighted by molar-refractivity contribution is 5.57. The molecule has 0 aliphatic heterocycles. The summed E-state index contributed by atoms with van der Waals surface area (Å²) in [5.41, 5.74) is 6.62. The monoisotopic (exact) mass is 206 g/mol. The number of benzene rings is 1. The Labute approximate surface area is 90.3 Å². The molecule has 0 unspecified atom stereocenters. The van der Waals surface area contributed by atoms with Gasteiger partial charge in [0, 0.05) is 12.1 Å². The summed E-state index contributed by atoms with van der Waals surface area (Å²) in [6.45, 7) is 0.626. The molecule has 1 aromatic carbocycles. The Bertz CT molecular complexity index is 332. The average Bonchev–Trinajstić information content (AvgIpc) is 2.71. The van der Waals surface area contributed by atoms with Crippen LogP contribution in [0.5, 0.6) is 5.75 Å². The van der Waals surface area contributed by atoms with E-state index in [-0.39, 0.29) is 5.54 Å². The van der Waals surface area contributed by atoms with Crippen LogP contribution in [-0.2, 0) is 0 Å². The molecule has 82 valence electrons. The number of rotatable bonds is 3. The fourth-order valence-electron chi connectivity index (χ4n) is 2.30. The molecule has 1 saturated carbocycles. The second-order valence-electron chi connectivity index (χ2n) is 4.33. The molecule has 0 radical (unpaired) electrons. The summed E-state index contributed by atoms with van der Waals surface area (Å²) in [6, 6.07) is 7.33. The largest absolute Gasteiger partial charge is 0.506 e. The van der Waals surface area contributed by atoms with Crippen molar-refractivity contribution in [1.29, 1.82) is 0 Å². The number of nitrogens with two attached hydrogens (primary N) is 1.